The van der Waals surface area contributed by atoms with Gasteiger partial charge in [-0.1, -0.05) is 84.9 Å². The molecule has 204 valence electrons. The third-order valence-electron chi connectivity index (χ3n) is 6.97. The van der Waals surface area contributed by atoms with Crippen molar-refractivity contribution in [2.75, 3.05) is 5.75 Å². The van der Waals surface area contributed by atoms with Gasteiger partial charge < -0.3 is 19.9 Å². The first-order chi connectivity index (χ1) is 19.3. The van der Waals surface area contributed by atoms with Gasteiger partial charge >= 0.3 is 5.97 Å². The van der Waals surface area contributed by atoms with Crippen LogP contribution in [0.4, 0.5) is 0 Å². The molecule has 5 nitrogen and oxygen atoms in total. The van der Waals surface area contributed by atoms with Crippen molar-refractivity contribution < 1.29 is 19.4 Å². The number of ether oxygens (including phenoxy) is 2. The van der Waals surface area contributed by atoms with E-state index >= 15 is 0 Å². The molecule has 40 heavy (non-hydrogen) atoms. The third kappa shape index (κ3) is 5.87. The third-order valence-corrected chi connectivity index (χ3v) is 7.98. The van der Waals surface area contributed by atoms with Crippen LogP contribution in [-0.2, 0) is 15.3 Å². The number of hydrogen-bond donors (Lipinski definition) is 2. The number of benzene rings is 4. The van der Waals surface area contributed by atoms with Crippen molar-refractivity contribution in [3.05, 3.63) is 132 Å². The Morgan fingerprint density at radius 1 is 0.850 bits per heavy atom. The highest BCUT2D eigenvalue weighted by atomic mass is 32.2. The van der Waals surface area contributed by atoms with Gasteiger partial charge in [-0.05, 0) is 56.2 Å². The molecular weight excluding hydrogens is 518 g/mol. The number of aliphatic carboxylic acids is 1. The average molecular weight is 552 g/mol. The molecule has 1 aliphatic heterocycles. The van der Waals surface area contributed by atoms with Gasteiger partial charge in [-0.15, -0.1) is 11.8 Å². The zero-order chi connectivity index (χ0) is 28.2. The summed E-state index contributed by atoms with van der Waals surface area (Å²) in [5.41, 5.74) is 3.43. The van der Waals surface area contributed by atoms with Crippen LogP contribution in [0.3, 0.4) is 0 Å². The minimum absolute atomic E-state index is 0.534. The van der Waals surface area contributed by atoms with Crippen molar-refractivity contribution >= 4 is 17.7 Å². The minimum atomic E-state index is -1.28. The summed E-state index contributed by atoms with van der Waals surface area (Å²) in [6.45, 7) is 5.10. The van der Waals surface area contributed by atoms with E-state index in [4.69, 9.17) is 9.47 Å². The van der Waals surface area contributed by atoms with Crippen LogP contribution in [0.15, 0.2) is 126 Å². The van der Waals surface area contributed by atoms with E-state index in [2.05, 4.69) is 66.0 Å². The molecule has 0 radical (unpaired) electrons. The maximum atomic E-state index is 11.3. The van der Waals surface area contributed by atoms with E-state index in [0.29, 0.717) is 5.75 Å². The number of allylic oxidation sites excluding steroid dienone is 2. The predicted octanol–water partition coefficient (Wildman–Crippen LogP) is 7.83. The van der Waals surface area contributed by atoms with Crippen LogP contribution in [-0.4, -0.2) is 22.4 Å². The van der Waals surface area contributed by atoms with Crippen molar-refractivity contribution in [3.8, 4) is 16.9 Å². The Labute approximate surface area is 239 Å². The summed E-state index contributed by atoms with van der Waals surface area (Å²) in [6, 6.07) is 36.8. The number of thioether (sulfide) groups is 1. The number of carbonyl (C=O) groups is 1. The number of nitrogens with one attached hydrogen (secondary N) is 1. The van der Waals surface area contributed by atoms with Gasteiger partial charge in [0.25, 0.3) is 0 Å². The quantitative estimate of drug-likeness (QED) is 0.196. The van der Waals surface area contributed by atoms with Gasteiger partial charge in [0.05, 0.1) is 5.70 Å². The lowest BCUT2D eigenvalue weighted by atomic mass is 9.92. The van der Waals surface area contributed by atoms with Crippen LogP contribution in [0.1, 0.15) is 38.3 Å². The van der Waals surface area contributed by atoms with Crippen LogP contribution >= 0.6 is 11.8 Å². The predicted molar refractivity (Wildman–Crippen MR) is 160 cm³/mol. The fourth-order valence-electron chi connectivity index (χ4n) is 4.70. The molecule has 6 heteroatoms. The molecule has 2 N–H and O–H groups in total. The molecule has 1 aliphatic rings. The van der Waals surface area contributed by atoms with E-state index in [1.807, 2.05) is 55.5 Å². The van der Waals surface area contributed by atoms with Gasteiger partial charge in [-0.2, -0.15) is 0 Å². The maximum absolute atomic E-state index is 11.3. The summed E-state index contributed by atoms with van der Waals surface area (Å²) in [6.07, 6.45) is 0.803. The topological polar surface area (TPSA) is 67.8 Å². The van der Waals surface area contributed by atoms with E-state index in [9.17, 15) is 9.90 Å². The van der Waals surface area contributed by atoms with E-state index in [0.717, 1.165) is 45.2 Å². The molecule has 0 aliphatic carbocycles. The second-order valence-corrected chi connectivity index (χ2v) is 11.4. The Kier molecular flexibility index (Phi) is 7.90. The zero-order valence-electron chi connectivity index (χ0n) is 22.9. The summed E-state index contributed by atoms with van der Waals surface area (Å²) in [4.78, 5) is 12.4. The molecule has 1 unspecified atom stereocenters. The van der Waals surface area contributed by atoms with Gasteiger partial charge in [0, 0.05) is 28.2 Å². The van der Waals surface area contributed by atoms with Gasteiger partial charge in [0.1, 0.15) is 11.5 Å². The monoisotopic (exact) mass is 551 g/mol. The molecule has 0 bridgehead atoms. The Hall–Kier alpha value is -4.16. The minimum Gasteiger partial charge on any atom is -0.478 e. The van der Waals surface area contributed by atoms with Crippen molar-refractivity contribution in [3.63, 3.8) is 0 Å². The van der Waals surface area contributed by atoms with Crippen molar-refractivity contribution in [1.29, 1.82) is 0 Å². The van der Waals surface area contributed by atoms with Crippen molar-refractivity contribution in [1.82, 2.24) is 5.32 Å². The molecule has 5 rings (SSSR count). The van der Waals surface area contributed by atoms with E-state index in [1.54, 1.807) is 11.8 Å². The standard InChI is InChI=1S/C34H33NO4S/c1-24-31(22-23-40-30-20-18-29(19-21-30)39-33(2,3)32(36)37)35-34(38-24,27-12-8-5-9-13-27)28-16-14-26(15-17-28)25-10-6-4-7-11-25/h4-21,35H,22-23H2,1-3H3,(H,36,37). The first-order valence-corrected chi connectivity index (χ1v) is 14.3. The Morgan fingerprint density at radius 3 is 2.05 bits per heavy atom. The van der Waals surface area contributed by atoms with Gasteiger partial charge in [-0.25, -0.2) is 4.79 Å². The Bertz CT molecular complexity index is 1480. The van der Waals surface area contributed by atoms with Crippen LogP contribution in [0.2, 0.25) is 0 Å². The fourth-order valence-corrected chi connectivity index (χ4v) is 5.57. The van der Waals surface area contributed by atoms with E-state index < -0.39 is 17.3 Å². The highest BCUT2D eigenvalue weighted by molar-refractivity contribution is 7.99. The second-order valence-electron chi connectivity index (χ2n) is 10.2. The molecule has 0 spiro atoms. The van der Waals surface area contributed by atoms with Crippen molar-refractivity contribution in [2.45, 2.75) is 43.4 Å². The van der Waals surface area contributed by atoms with Crippen molar-refractivity contribution in [2.24, 2.45) is 0 Å². The van der Waals surface area contributed by atoms with E-state index in [-0.39, 0.29) is 0 Å². The zero-order valence-corrected chi connectivity index (χ0v) is 23.7. The summed E-state index contributed by atoms with van der Waals surface area (Å²) in [5.74, 6) is 1.27. The van der Waals surface area contributed by atoms with E-state index in [1.165, 1.54) is 19.4 Å². The second kappa shape index (κ2) is 11.5. The molecule has 0 aromatic heterocycles. The number of carboxylic acids is 1. The molecule has 0 saturated heterocycles. The number of carboxylic acid groups (broad SMARTS) is 1. The number of hydrogen-bond acceptors (Lipinski definition) is 5. The average Bonchev–Trinajstić information content (AvgIpc) is 3.32. The van der Waals surface area contributed by atoms with Crippen LogP contribution in [0, 0.1) is 0 Å². The lowest BCUT2D eigenvalue weighted by molar-refractivity contribution is -0.152. The van der Waals surface area contributed by atoms with Gasteiger partial charge in [-0.3, -0.25) is 0 Å². The molecule has 4 aromatic rings. The highest BCUT2D eigenvalue weighted by Crippen LogP contribution is 2.41. The Morgan fingerprint density at radius 2 is 1.43 bits per heavy atom. The molecular formula is C34H33NO4S. The first-order valence-electron chi connectivity index (χ1n) is 13.3. The summed E-state index contributed by atoms with van der Waals surface area (Å²) in [7, 11) is 0. The number of rotatable bonds is 10. The van der Waals surface area contributed by atoms with Crippen LogP contribution in [0.25, 0.3) is 11.1 Å². The molecule has 1 heterocycles. The largest absolute Gasteiger partial charge is 0.478 e. The summed E-state index contributed by atoms with van der Waals surface area (Å²) >= 11 is 1.73. The first kappa shape index (κ1) is 27.4. The summed E-state index contributed by atoms with van der Waals surface area (Å²) < 4.78 is 12.3. The molecule has 0 fully saturated rings. The lowest BCUT2D eigenvalue weighted by Crippen LogP contribution is -2.40. The van der Waals surface area contributed by atoms with Gasteiger partial charge in [0.2, 0.25) is 5.72 Å². The maximum Gasteiger partial charge on any atom is 0.347 e. The molecule has 4 aromatic carbocycles. The van der Waals surface area contributed by atoms with Crippen LogP contribution < -0.4 is 10.1 Å². The Balaban J connectivity index is 1.28. The smallest absolute Gasteiger partial charge is 0.347 e. The molecule has 1 atom stereocenters. The summed E-state index contributed by atoms with van der Waals surface area (Å²) in [5, 5.41) is 13.0. The highest BCUT2D eigenvalue weighted by Gasteiger charge is 2.42. The normalized spacial score (nSPS) is 16.8. The van der Waals surface area contributed by atoms with Crippen LogP contribution in [0.5, 0.6) is 5.75 Å². The fraction of sp³-hybridized carbons (Fsp3) is 0.206. The molecule has 0 saturated carbocycles. The van der Waals surface area contributed by atoms with Gasteiger partial charge in [0.15, 0.2) is 5.60 Å². The lowest BCUT2D eigenvalue weighted by Gasteiger charge is -2.32. The molecule has 0 amide bonds. The SMILES string of the molecule is CC1=C(CCSc2ccc(OC(C)(C)C(=O)O)cc2)NC(c2ccccc2)(c2ccc(-c3ccccc3)cc2)O1.